The predicted octanol–water partition coefficient (Wildman–Crippen LogP) is 2.27. The second-order valence-electron chi connectivity index (χ2n) is 3.56. The van der Waals surface area contributed by atoms with Crippen LogP contribution in [-0.4, -0.2) is 17.6 Å². The number of esters is 1. The number of carbonyl (C=O) groups excluding carboxylic acids is 1. The largest absolute Gasteiger partial charge is 0.461 e. The Hall–Kier alpha value is -1.45. The molecule has 0 aromatic carbocycles. The average molecular weight is 209 g/mol. The van der Waals surface area contributed by atoms with Gasteiger partial charge in [0.2, 0.25) is 0 Å². The first kappa shape index (κ1) is 10.1. The van der Waals surface area contributed by atoms with Crippen LogP contribution >= 0.6 is 0 Å². The van der Waals surface area contributed by atoms with Crippen LogP contribution in [0.1, 0.15) is 41.9 Å². The van der Waals surface area contributed by atoms with Crippen LogP contribution in [0.5, 0.6) is 0 Å². The summed E-state index contributed by atoms with van der Waals surface area (Å²) in [5.74, 6) is -0.894. The van der Waals surface area contributed by atoms with E-state index < -0.39 is 11.8 Å². The number of nitrogens with zero attached hydrogens (tertiary/aromatic N) is 1. The molecule has 0 spiro atoms. The molecule has 4 heteroatoms. The molecule has 1 aliphatic rings. The number of hydrogen-bond acceptors (Lipinski definition) is 3. The van der Waals surface area contributed by atoms with Gasteiger partial charge in [-0.1, -0.05) is 0 Å². The summed E-state index contributed by atoms with van der Waals surface area (Å²) in [6.45, 7) is 1.91. The van der Waals surface area contributed by atoms with Gasteiger partial charge in [-0.05, 0) is 31.9 Å². The second kappa shape index (κ2) is 3.96. The molecule has 1 aromatic rings. The number of pyridine rings is 1. The molecule has 1 fully saturated rings. The molecule has 1 aromatic heterocycles. The van der Waals surface area contributed by atoms with Crippen molar-refractivity contribution in [3.05, 3.63) is 29.3 Å². The Morgan fingerprint density at radius 3 is 2.93 bits per heavy atom. The van der Waals surface area contributed by atoms with Gasteiger partial charge in [0.25, 0.3) is 0 Å². The van der Waals surface area contributed by atoms with E-state index in [1.807, 2.05) is 0 Å². The monoisotopic (exact) mass is 209 g/mol. The summed E-state index contributed by atoms with van der Waals surface area (Å²) in [5.41, 5.74) is 0.598. The van der Waals surface area contributed by atoms with Gasteiger partial charge in [-0.25, -0.2) is 14.2 Å². The molecular formula is C11H12FNO2. The zero-order valence-electron chi connectivity index (χ0n) is 8.50. The molecule has 0 amide bonds. The lowest BCUT2D eigenvalue weighted by molar-refractivity contribution is 0.0513. The maximum Gasteiger partial charge on any atom is 0.360 e. The fraction of sp³-hybridized carbons (Fsp3) is 0.455. The minimum atomic E-state index is -0.683. The van der Waals surface area contributed by atoms with Crippen molar-refractivity contribution in [3.63, 3.8) is 0 Å². The van der Waals surface area contributed by atoms with E-state index in [0.717, 1.165) is 18.5 Å². The summed E-state index contributed by atoms with van der Waals surface area (Å²) >= 11 is 0. The van der Waals surface area contributed by atoms with Crippen molar-refractivity contribution in [2.45, 2.75) is 25.7 Å². The zero-order valence-corrected chi connectivity index (χ0v) is 8.50. The Kier molecular flexibility index (Phi) is 2.66. The van der Waals surface area contributed by atoms with Gasteiger partial charge < -0.3 is 4.74 Å². The Balaban J connectivity index is 2.27. The first-order chi connectivity index (χ1) is 7.22. The van der Waals surface area contributed by atoms with E-state index >= 15 is 0 Å². The summed E-state index contributed by atoms with van der Waals surface area (Å²) < 4.78 is 18.0. The molecule has 80 valence electrons. The van der Waals surface area contributed by atoms with Gasteiger partial charge in [0.15, 0.2) is 11.5 Å². The lowest BCUT2D eigenvalue weighted by Gasteiger charge is -2.04. The average Bonchev–Trinajstić information content (AvgIpc) is 3.02. The molecule has 0 bridgehead atoms. The minimum Gasteiger partial charge on any atom is -0.461 e. The quantitative estimate of drug-likeness (QED) is 0.717. The molecule has 1 heterocycles. The number of halogens is 1. The molecule has 3 nitrogen and oxygen atoms in total. The number of hydrogen-bond donors (Lipinski definition) is 0. The number of rotatable bonds is 3. The van der Waals surface area contributed by atoms with Gasteiger partial charge in [-0.2, -0.15) is 0 Å². The Bertz CT molecular complexity index is 388. The fourth-order valence-corrected chi connectivity index (χ4v) is 1.41. The molecule has 0 atom stereocenters. The minimum absolute atomic E-state index is 0.193. The van der Waals surface area contributed by atoms with Crippen LogP contribution in [0.4, 0.5) is 4.39 Å². The molecule has 2 rings (SSSR count). The SMILES string of the molecule is CCOC(=O)c1nc(C2CC2)ccc1F. The summed E-state index contributed by atoms with van der Waals surface area (Å²) in [7, 11) is 0. The van der Waals surface area contributed by atoms with Crippen LogP contribution in [0.25, 0.3) is 0 Å². The molecule has 0 unspecified atom stereocenters. The number of carbonyl (C=O) groups is 1. The second-order valence-corrected chi connectivity index (χ2v) is 3.56. The first-order valence-corrected chi connectivity index (χ1v) is 5.06. The van der Waals surface area contributed by atoms with Crippen molar-refractivity contribution in [1.82, 2.24) is 4.98 Å². The first-order valence-electron chi connectivity index (χ1n) is 5.06. The van der Waals surface area contributed by atoms with E-state index in [2.05, 4.69) is 4.98 Å². The highest BCUT2D eigenvalue weighted by molar-refractivity contribution is 5.87. The van der Waals surface area contributed by atoms with Crippen molar-refractivity contribution >= 4 is 5.97 Å². The van der Waals surface area contributed by atoms with Crippen molar-refractivity contribution in [1.29, 1.82) is 0 Å². The molecule has 0 aliphatic heterocycles. The van der Waals surface area contributed by atoms with E-state index in [0.29, 0.717) is 5.92 Å². The van der Waals surface area contributed by atoms with Crippen LogP contribution in [-0.2, 0) is 4.74 Å². The topological polar surface area (TPSA) is 39.2 Å². The molecule has 0 radical (unpaired) electrons. The zero-order chi connectivity index (χ0) is 10.8. The normalized spacial score (nSPS) is 15.1. The highest BCUT2D eigenvalue weighted by atomic mass is 19.1. The third-order valence-electron chi connectivity index (χ3n) is 2.33. The Morgan fingerprint density at radius 2 is 2.33 bits per heavy atom. The Morgan fingerprint density at radius 1 is 1.60 bits per heavy atom. The van der Waals surface area contributed by atoms with Crippen LogP contribution in [0.2, 0.25) is 0 Å². The number of aromatic nitrogens is 1. The smallest absolute Gasteiger partial charge is 0.360 e. The summed E-state index contributed by atoms with van der Waals surface area (Å²) in [6.07, 6.45) is 2.14. The standard InChI is InChI=1S/C11H12FNO2/c1-2-15-11(14)10-8(12)5-6-9(13-10)7-3-4-7/h5-7H,2-4H2,1H3. The van der Waals surface area contributed by atoms with E-state index in [4.69, 9.17) is 4.74 Å². The van der Waals surface area contributed by atoms with Gasteiger partial charge in [0.1, 0.15) is 0 Å². The summed E-state index contributed by atoms with van der Waals surface area (Å²) in [6, 6.07) is 2.92. The third kappa shape index (κ3) is 2.14. The van der Waals surface area contributed by atoms with E-state index in [-0.39, 0.29) is 12.3 Å². The third-order valence-corrected chi connectivity index (χ3v) is 2.33. The van der Waals surface area contributed by atoms with Crippen molar-refractivity contribution in [3.8, 4) is 0 Å². The van der Waals surface area contributed by atoms with Crippen LogP contribution in [0, 0.1) is 5.82 Å². The van der Waals surface area contributed by atoms with E-state index in [1.54, 1.807) is 13.0 Å². The summed E-state index contributed by atoms with van der Waals surface area (Å²) in [4.78, 5) is 15.3. The number of ether oxygens (including phenoxy) is 1. The van der Waals surface area contributed by atoms with Crippen molar-refractivity contribution in [2.75, 3.05) is 6.61 Å². The predicted molar refractivity (Wildman–Crippen MR) is 52.1 cm³/mol. The van der Waals surface area contributed by atoms with Crippen LogP contribution in [0.3, 0.4) is 0 Å². The van der Waals surface area contributed by atoms with Gasteiger partial charge in [-0.15, -0.1) is 0 Å². The lowest BCUT2D eigenvalue weighted by atomic mass is 10.2. The van der Waals surface area contributed by atoms with Gasteiger partial charge in [0, 0.05) is 11.6 Å². The van der Waals surface area contributed by atoms with E-state index in [1.165, 1.54) is 6.07 Å². The molecule has 1 aliphatic carbocycles. The lowest BCUT2D eigenvalue weighted by Crippen LogP contribution is -2.10. The molecular weight excluding hydrogens is 197 g/mol. The highest BCUT2D eigenvalue weighted by Gasteiger charge is 2.27. The maximum atomic E-state index is 13.3. The van der Waals surface area contributed by atoms with Gasteiger partial charge >= 0.3 is 5.97 Å². The summed E-state index contributed by atoms with van der Waals surface area (Å²) in [5, 5.41) is 0. The van der Waals surface area contributed by atoms with Gasteiger partial charge in [-0.3, -0.25) is 0 Å². The fourth-order valence-electron chi connectivity index (χ4n) is 1.41. The van der Waals surface area contributed by atoms with E-state index in [9.17, 15) is 9.18 Å². The van der Waals surface area contributed by atoms with Crippen molar-refractivity contribution in [2.24, 2.45) is 0 Å². The maximum absolute atomic E-state index is 13.3. The van der Waals surface area contributed by atoms with Crippen LogP contribution in [0.15, 0.2) is 12.1 Å². The molecule has 15 heavy (non-hydrogen) atoms. The molecule has 0 saturated heterocycles. The van der Waals surface area contributed by atoms with Crippen LogP contribution < -0.4 is 0 Å². The Labute approximate surface area is 87.3 Å². The highest BCUT2D eigenvalue weighted by Crippen LogP contribution is 2.39. The van der Waals surface area contributed by atoms with Gasteiger partial charge in [0.05, 0.1) is 6.61 Å². The van der Waals surface area contributed by atoms with Crippen molar-refractivity contribution < 1.29 is 13.9 Å². The molecule has 0 N–H and O–H groups in total. The molecule has 1 saturated carbocycles.